The molecule has 0 bridgehead atoms. The van der Waals surface area contributed by atoms with E-state index in [0.29, 0.717) is 96.8 Å². The molecule has 5 N–H and O–H groups in total. The minimum atomic E-state index is -0.926. The summed E-state index contributed by atoms with van der Waals surface area (Å²) in [6, 6.07) is 86.8. The molecule has 0 aliphatic heterocycles. The van der Waals surface area contributed by atoms with Crippen molar-refractivity contribution in [3.63, 3.8) is 0 Å². The summed E-state index contributed by atoms with van der Waals surface area (Å²) in [4.78, 5) is 0. The van der Waals surface area contributed by atoms with Gasteiger partial charge in [-0.15, -0.1) is 0 Å². The van der Waals surface area contributed by atoms with Gasteiger partial charge in [-0.05, 0) is 180 Å². The molecule has 0 saturated carbocycles. The third-order valence-corrected chi connectivity index (χ3v) is 23.9. The summed E-state index contributed by atoms with van der Waals surface area (Å²) in [5.41, 5.74) is 27.1. The normalized spacial score (nSPS) is 12.4. The van der Waals surface area contributed by atoms with E-state index < -0.39 is 11.6 Å². The molecule has 16 nitrogen and oxygen atoms in total. The van der Waals surface area contributed by atoms with Gasteiger partial charge in [-0.1, -0.05) is 278 Å². The molecule has 12 aromatic carbocycles. The molecule has 0 amide bonds. The number of methoxy groups -OCH3 is 3. The Morgan fingerprint density at radius 1 is 0.290 bits per heavy atom. The molecule has 4 atom stereocenters. The summed E-state index contributed by atoms with van der Waals surface area (Å²) < 4.78 is 61.9. The maximum Gasteiger partial charge on any atom is 0.203 e. The zero-order valence-corrected chi connectivity index (χ0v) is 75.4. The molecule has 16 rings (SSSR count). The highest BCUT2D eigenvalue weighted by atomic mass is 79.9. The van der Waals surface area contributed by atoms with Gasteiger partial charge in [0.1, 0.15) is 0 Å². The highest BCUT2D eigenvalue weighted by Gasteiger charge is 2.26. The SMILES string of the molecule is COC[C@H](Cc1ccc(C)cc1)n1c(=N)n(Cc2ccc(C)cc2)c2cc(Br)ccc21.COC[C@H](Cc1ccc(C)cc1)n1c(=N)n(Cc2ccc(C)cc2)c2cc(Cl)ccc21.COC[C@H](Cc1ccc(C)cc1)n1c(=N)n(Cc2ccc(C)cc2)c2cc(F)c(F)cc21.Cc1ccc(C[C@@H](CO)n2c(=N)n(Cc3ccc(C)cc3)c3cc(Cl)ccc32)cc1. The number of nitrogens with one attached hydrogen (secondary N) is 4. The second-order valence-electron chi connectivity index (χ2n) is 32.6. The number of hydrogen-bond acceptors (Lipinski definition) is 8. The number of fused-ring (bicyclic) bond motifs is 4. The molecule has 4 heterocycles. The van der Waals surface area contributed by atoms with Crippen molar-refractivity contribution in [2.24, 2.45) is 0 Å². The van der Waals surface area contributed by atoms with Gasteiger partial charge in [0.2, 0.25) is 22.5 Å². The second-order valence-corrected chi connectivity index (χ2v) is 34.4. The smallest absolute Gasteiger partial charge is 0.203 e. The minimum Gasteiger partial charge on any atom is -0.394 e. The van der Waals surface area contributed by atoms with Gasteiger partial charge < -0.3 is 55.9 Å². The molecule has 124 heavy (non-hydrogen) atoms. The van der Waals surface area contributed by atoms with Crippen LogP contribution >= 0.6 is 39.1 Å². The molecule has 0 saturated heterocycles. The lowest BCUT2D eigenvalue weighted by molar-refractivity contribution is 0.154. The van der Waals surface area contributed by atoms with E-state index in [9.17, 15) is 13.9 Å². The molecule has 0 unspecified atom stereocenters. The number of nitrogens with zero attached hydrogens (tertiary/aromatic N) is 8. The molecule has 0 spiro atoms. The Morgan fingerprint density at radius 3 is 0.774 bits per heavy atom. The van der Waals surface area contributed by atoms with E-state index in [1.54, 1.807) is 30.5 Å². The van der Waals surface area contributed by atoms with Crippen LogP contribution in [0.2, 0.25) is 10.0 Å². The quantitative estimate of drug-likeness (QED) is 0.0344. The summed E-state index contributed by atoms with van der Waals surface area (Å²) in [7, 11) is 5.06. The van der Waals surface area contributed by atoms with Crippen LogP contribution in [0, 0.1) is 88.7 Å². The van der Waals surface area contributed by atoms with Crippen molar-refractivity contribution in [2.75, 3.05) is 47.8 Å². The van der Waals surface area contributed by atoms with Crippen molar-refractivity contribution in [3.8, 4) is 0 Å². The van der Waals surface area contributed by atoms with Crippen molar-refractivity contribution in [1.82, 2.24) is 36.5 Å². The standard InChI is InChI=1S/C26H28BrN3O.C26H28ClN3O.C26H27F2N3O.C25H26ClN3O/c2*1-18-4-8-20(9-5-18)14-23(17-31-3)30-24-13-12-22(27)15-25(24)29(26(30)28)16-21-10-6-19(2)7-11-21;1-17-4-8-19(9-5-17)12-21(16-32-3)31-25-14-23(28)22(27)13-24(25)30(26(31)29)15-20-10-6-18(2)7-11-20;1-17-3-7-19(8-4-17)13-22(16-30)29-23-12-11-21(26)14-24(23)28(25(29)27)15-20-9-5-18(2)6-10-20/h2*4-13,15,23,28H,14,16-17H2,1-3H3;4-11,13-14,21,29H,12,15-16H2,1-3H3;3-12,14,22,27,30H,13,15-16H2,1-2H3/t2*23-;21-;22-/m0000/s1. The van der Waals surface area contributed by atoms with Gasteiger partial charge in [-0.25, -0.2) is 8.78 Å². The van der Waals surface area contributed by atoms with Crippen LogP contribution in [0.15, 0.2) is 265 Å². The lowest BCUT2D eigenvalue weighted by Crippen LogP contribution is -2.31. The van der Waals surface area contributed by atoms with E-state index >= 15 is 0 Å². The zero-order chi connectivity index (χ0) is 88.0. The number of aryl methyl sites for hydroxylation is 8. The third-order valence-electron chi connectivity index (χ3n) is 22.9. The lowest BCUT2D eigenvalue weighted by Gasteiger charge is -2.19. The highest BCUT2D eigenvalue weighted by molar-refractivity contribution is 9.10. The molecule has 0 aliphatic carbocycles. The zero-order valence-electron chi connectivity index (χ0n) is 72.3. The van der Waals surface area contributed by atoms with E-state index in [1.165, 1.54) is 62.2 Å². The van der Waals surface area contributed by atoms with Gasteiger partial charge in [-0.3, -0.25) is 21.6 Å². The molecule has 0 aliphatic rings. The molecule has 0 fully saturated rings. The Morgan fingerprint density at radius 2 is 0.508 bits per heavy atom. The second kappa shape index (κ2) is 41.3. The van der Waals surface area contributed by atoms with E-state index in [-0.39, 0.29) is 36.4 Å². The van der Waals surface area contributed by atoms with Crippen molar-refractivity contribution in [3.05, 3.63) is 398 Å². The van der Waals surface area contributed by atoms with E-state index in [0.717, 1.165) is 89.4 Å². The van der Waals surface area contributed by atoms with Crippen molar-refractivity contribution in [1.29, 1.82) is 21.6 Å². The largest absolute Gasteiger partial charge is 0.394 e. The first kappa shape index (κ1) is 90.2. The summed E-state index contributed by atoms with van der Waals surface area (Å²) in [6.07, 6.45) is 2.86. The maximum absolute atomic E-state index is 14.3. The fraction of sp³-hybridized carbons (Fsp3) is 0.262. The fourth-order valence-electron chi connectivity index (χ4n) is 16.2. The lowest BCUT2D eigenvalue weighted by atomic mass is 10.0. The van der Waals surface area contributed by atoms with Gasteiger partial charge in [0.15, 0.2) is 11.6 Å². The molecule has 21 heteroatoms. The summed E-state index contributed by atoms with van der Waals surface area (Å²) in [6.45, 7) is 20.1. The number of imidazole rings is 4. The first-order valence-electron chi connectivity index (χ1n) is 41.8. The highest BCUT2D eigenvalue weighted by Crippen LogP contribution is 2.31. The Balaban J connectivity index is 0.000000142. The predicted molar refractivity (Wildman–Crippen MR) is 500 cm³/mol. The number of aliphatic hydroxyl groups excluding tert-OH is 1. The predicted octanol–water partition coefficient (Wildman–Crippen LogP) is 21.8. The average molecular weight is 1770 g/mol. The van der Waals surface area contributed by atoms with Crippen LogP contribution in [0.3, 0.4) is 0 Å². The van der Waals surface area contributed by atoms with Crippen LogP contribution in [-0.2, 0) is 66.1 Å². The van der Waals surface area contributed by atoms with Gasteiger partial charge in [0, 0.05) is 48.0 Å². The monoisotopic (exact) mass is 1760 g/mol. The van der Waals surface area contributed by atoms with Crippen molar-refractivity contribution >= 4 is 83.3 Å². The van der Waals surface area contributed by atoms with Gasteiger partial charge >= 0.3 is 0 Å². The number of aromatic nitrogens is 8. The van der Waals surface area contributed by atoms with Crippen LogP contribution in [0.25, 0.3) is 44.1 Å². The van der Waals surface area contributed by atoms with Crippen LogP contribution in [0.4, 0.5) is 8.78 Å². The van der Waals surface area contributed by atoms with Crippen LogP contribution in [0.1, 0.15) is 113 Å². The number of hydrogen-bond donors (Lipinski definition) is 5. The first-order valence-corrected chi connectivity index (χ1v) is 43.3. The fourth-order valence-corrected chi connectivity index (χ4v) is 16.9. The Hall–Kier alpha value is -11.5. The molecule has 16 aromatic rings. The van der Waals surface area contributed by atoms with Crippen molar-refractivity contribution < 1.29 is 28.1 Å². The number of ether oxygens (including phenoxy) is 3. The summed E-state index contributed by atoms with van der Waals surface area (Å²) in [5.74, 6) is -1.85. The summed E-state index contributed by atoms with van der Waals surface area (Å²) >= 11 is 16.3. The van der Waals surface area contributed by atoms with E-state index in [1.807, 2.05) is 119 Å². The minimum absolute atomic E-state index is 0.00292. The first-order chi connectivity index (χ1) is 59.7. The molecular weight excluding hydrogens is 1660 g/mol. The Labute approximate surface area is 742 Å². The number of benzene rings is 12. The van der Waals surface area contributed by atoms with Crippen LogP contribution in [-0.4, -0.2) is 89.4 Å². The molecule has 640 valence electrons. The number of aliphatic hydroxyl groups is 1. The average Bonchev–Trinajstić information content (AvgIpc) is 1.63. The Kier molecular flexibility index (Phi) is 30.1. The van der Waals surface area contributed by atoms with E-state index in [2.05, 4.69) is 229 Å². The number of rotatable bonds is 27. The van der Waals surface area contributed by atoms with Gasteiger partial charge in [0.25, 0.3) is 0 Å². The third kappa shape index (κ3) is 21.8. The van der Waals surface area contributed by atoms with Crippen LogP contribution < -0.4 is 22.5 Å². The molecular formula is C103H109BrCl2F2N12O4. The number of halogens is 5. The van der Waals surface area contributed by atoms with Crippen LogP contribution in [0.5, 0.6) is 0 Å². The maximum atomic E-state index is 14.3. The summed E-state index contributed by atoms with van der Waals surface area (Å²) in [5, 5.41) is 47.6. The molecule has 4 aromatic heterocycles. The topological polar surface area (TPSA) is 183 Å². The van der Waals surface area contributed by atoms with Gasteiger partial charge in [-0.2, -0.15) is 0 Å². The van der Waals surface area contributed by atoms with Crippen molar-refractivity contribution in [2.45, 2.75) is 131 Å². The van der Waals surface area contributed by atoms with Gasteiger partial charge in [0.05, 0.1) is 121 Å². The van der Waals surface area contributed by atoms with E-state index in [4.69, 9.17) is 59.0 Å². The Bertz CT molecular complexity index is 6390. The molecule has 0 radical (unpaired) electrons.